The number of hydrogen-bond donors (Lipinski definition) is 1. The Morgan fingerprint density at radius 1 is 1.37 bits per heavy atom. The molecule has 0 fully saturated rings. The standard InChI is InChI=1S/C14H14ClFN2O/c1-9-3-4-12(16)13(5-9)19-14-11(15)6-10(7-17-2)8-18-14/h3-6,8,17H,7H2,1-2H3. The molecule has 1 aromatic carbocycles. The first-order valence-electron chi connectivity index (χ1n) is 5.83. The van der Waals surface area contributed by atoms with Crippen molar-refractivity contribution in [3.63, 3.8) is 0 Å². The monoisotopic (exact) mass is 280 g/mol. The highest BCUT2D eigenvalue weighted by atomic mass is 35.5. The summed E-state index contributed by atoms with van der Waals surface area (Å²) in [5.41, 5.74) is 1.84. The molecule has 2 rings (SSSR count). The minimum Gasteiger partial charge on any atom is -0.434 e. The number of pyridine rings is 1. The van der Waals surface area contributed by atoms with Crippen LogP contribution in [0, 0.1) is 12.7 Å². The van der Waals surface area contributed by atoms with Crippen molar-refractivity contribution in [3.8, 4) is 11.6 Å². The van der Waals surface area contributed by atoms with Gasteiger partial charge in [-0.05, 0) is 43.3 Å². The normalized spacial score (nSPS) is 10.5. The number of halogens is 2. The summed E-state index contributed by atoms with van der Waals surface area (Å²) in [7, 11) is 1.83. The fourth-order valence-electron chi connectivity index (χ4n) is 1.63. The van der Waals surface area contributed by atoms with Gasteiger partial charge in [-0.15, -0.1) is 0 Å². The summed E-state index contributed by atoms with van der Waals surface area (Å²) >= 11 is 6.07. The highest BCUT2D eigenvalue weighted by Gasteiger charge is 2.10. The van der Waals surface area contributed by atoms with Crippen molar-refractivity contribution in [3.05, 3.63) is 52.4 Å². The maximum absolute atomic E-state index is 13.6. The molecular formula is C14H14ClFN2O. The summed E-state index contributed by atoms with van der Waals surface area (Å²) in [5.74, 6) is -0.121. The molecule has 3 nitrogen and oxygen atoms in total. The second kappa shape index (κ2) is 5.99. The molecule has 1 aromatic heterocycles. The first-order valence-corrected chi connectivity index (χ1v) is 6.21. The van der Waals surface area contributed by atoms with E-state index in [2.05, 4.69) is 10.3 Å². The van der Waals surface area contributed by atoms with Gasteiger partial charge in [0.2, 0.25) is 5.88 Å². The van der Waals surface area contributed by atoms with Gasteiger partial charge in [0, 0.05) is 12.7 Å². The molecule has 1 N–H and O–H groups in total. The Labute approximate surface area is 116 Å². The highest BCUT2D eigenvalue weighted by molar-refractivity contribution is 6.31. The molecule has 0 bridgehead atoms. The van der Waals surface area contributed by atoms with Crippen LogP contribution in [0.5, 0.6) is 11.6 Å². The number of rotatable bonds is 4. The zero-order chi connectivity index (χ0) is 13.8. The lowest BCUT2D eigenvalue weighted by Crippen LogP contribution is -2.05. The van der Waals surface area contributed by atoms with Gasteiger partial charge >= 0.3 is 0 Å². The first-order chi connectivity index (χ1) is 9.10. The topological polar surface area (TPSA) is 34.2 Å². The van der Waals surface area contributed by atoms with Crippen molar-refractivity contribution in [1.82, 2.24) is 10.3 Å². The van der Waals surface area contributed by atoms with E-state index >= 15 is 0 Å². The molecule has 0 saturated heterocycles. The van der Waals surface area contributed by atoms with Crippen LogP contribution in [0.1, 0.15) is 11.1 Å². The van der Waals surface area contributed by atoms with Gasteiger partial charge in [0.1, 0.15) is 5.02 Å². The molecular weight excluding hydrogens is 267 g/mol. The van der Waals surface area contributed by atoms with Crippen molar-refractivity contribution < 1.29 is 9.13 Å². The predicted molar refractivity (Wildman–Crippen MR) is 73.2 cm³/mol. The minimum atomic E-state index is -0.442. The molecule has 0 radical (unpaired) electrons. The van der Waals surface area contributed by atoms with E-state index in [1.807, 2.05) is 14.0 Å². The largest absolute Gasteiger partial charge is 0.434 e. The van der Waals surface area contributed by atoms with Crippen LogP contribution in [0.4, 0.5) is 4.39 Å². The second-order valence-electron chi connectivity index (χ2n) is 4.20. The van der Waals surface area contributed by atoms with Gasteiger partial charge < -0.3 is 10.1 Å². The van der Waals surface area contributed by atoms with Gasteiger partial charge in [-0.1, -0.05) is 17.7 Å². The van der Waals surface area contributed by atoms with E-state index in [0.717, 1.165) is 11.1 Å². The maximum atomic E-state index is 13.6. The summed E-state index contributed by atoms with van der Waals surface area (Å²) in [5, 5.41) is 3.35. The van der Waals surface area contributed by atoms with E-state index in [0.29, 0.717) is 11.6 Å². The van der Waals surface area contributed by atoms with Crippen LogP contribution in [0.25, 0.3) is 0 Å². The summed E-state index contributed by atoms with van der Waals surface area (Å²) in [6.45, 7) is 2.52. The third-order valence-electron chi connectivity index (χ3n) is 2.54. The van der Waals surface area contributed by atoms with Crippen LogP contribution < -0.4 is 10.1 Å². The molecule has 0 unspecified atom stereocenters. The quantitative estimate of drug-likeness (QED) is 0.927. The van der Waals surface area contributed by atoms with Crippen LogP contribution in [0.15, 0.2) is 30.5 Å². The molecule has 0 amide bonds. The van der Waals surface area contributed by atoms with Gasteiger partial charge in [0.25, 0.3) is 0 Å². The molecule has 0 saturated carbocycles. The molecule has 0 aliphatic carbocycles. The SMILES string of the molecule is CNCc1cnc(Oc2cc(C)ccc2F)c(Cl)c1. The lowest BCUT2D eigenvalue weighted by Gasteiger charge is -2.09. The zero-order valence-corrected chi connectivity index (χ0v) is 11.5. The lowest BCUT2D eigenvalue weighted by atomic mass is 10.2. The highest BCUT2D eigenvalue weighted by Crippen LogP contribution is 2.29. The fourth-order valence-corrected chi connectivity index (χ4v) is 1.86. The van der Waals surface area contributed by atoms with E-state index in [1.54, 1.807) is 24.4 Å². The maximum Gasteiger partial charge on any atom is 0.238 e. The van der Waals surface area contributed by atoms with Gasteiger partial charge in [0.15, 0.2) is 11.6 Å². The number of ether oxygens (including phenoxy) is 1. The molecule has 0 aliphatic rings. The average Bonchev–Trinajstić information content (AvgIpc) is 2.37. The lowest BCUT2D eigenvalue weighted by molar-refractivity contribution is 0.427. The molecule has 0 aliphatic heterocycles. The molecule has 1 heterocycles. The molecule has 0 spiro atoms. The summed E-state index contributed by atoms with van der Waals surface area (Å²) in [4.78, 5) is 4.10. The Kier molecular flexibility index (Phi) is 4.35. The van der Waals surface area contributed by atoms with E-state index in [4.69, 9.17) is 16.3 Å². The number of nitrogens with zero attached hydrogens (tertiary/aromatic N) is 1. The Balaban J connectivity index is 2.25. The molecule has 2 aromatic rings. The Morgan fingerprint density at radius 3 is 2.84 bits per heavy atom. The van der Waals surface area contributed by atoms with E-state index in [9.17, 15) is 4.39 Å². The fraction of sp³-hybridized carbons (Fsp3) is 0.214. The number of benzene rings is 1. The molecule has 100 valence electrons. The number of aryl methyl sites for hydroxylation is 1. The minimum absolute atomic E-state index is 0.121. The smallest absolute Gasteiger partial charge is 0.238 e. The van der Waals surface area contributed by atoms with Crippen molar-refractivity contribution in [2.24, 2.45) is 0 Å². The van der Waals surface area contributed by atoms with Gasteiger partial charge in [-0.25, -0.2) is 9.37 Å². The van der Waals surface area contributed by atoms with Crippen molar-refractivity contribution in [1.29, 1.82) is 0 Å². The van der Waals surface area contributed by atoms with Crippen molar-refractivity contribution in [2.75, 3.05) is 7.05 Å². The van der Waals surface area contributed by atoms with E-state index in [-0.39, 0.29) is 11.6 Å². The Hall–Kier alpha value is -1.65. The van der Waals surface area contributed by atoms with Crippen molar-refractivity contribution >= 4 is 11.6 Å². The van der Waals surface area contributed by atoms with Crippen LogP contribution in [0.3, 0.4) is 0 Å². The van der Waals surface area contributed by atoms with E-state index in [1.165, 1.54) is 6.07 Å². The second-order valence-corrected chi connectivity index (χ2v) is 4.60. The van der Waals surface area contributed by atoms with Crippen LogP contribution in [-0.2, 0) is 6.54 Å². The first kappa shape index (κ1) is 13.8. The summed E-state index contributed by atoms with van der Waals surface area (Å²) in [6.07, 6.45) is 1.64. The number of aromatic nitrogens is 1. The van der Waals surface area contributed by atoms with Gasteiger partial charge in [0.05, 0.1) is 0 Å². The zero-order valence-electron chi connectivity index (χ0n) is 10.7. The third kappa shape index (κ3) is 3.43. The van der Waals surface area contributed by atoms with Crippen LogP contribution >= 0.6 is 11.6 Å². The number of hydrogen-bond acceptors (Lipinski definition) is 3. The molecule has 5 heteroatoms. The van der Waals surface area contributed by atoms with Crippen LogP contribution in [0.2, 0.25) is 5.02 Å². The number of nitrogens with one attached hydrogen (secondary N) is 1. The Bertz CT molecular complexity index is 590. The molecule has 19 heavy (non-hydrogen) atoms. The summed E-state index contributed by atoms with van der Waals surface area (Å²) in [6, 6.07) is 6.38. The third-order valence-corrected chi connectivity index (χ3v) is 2.81. The predicted octanol–water partition coefficient (Wildman–Crippen LogP) is 3.69. The van der Waals surface area contributed by atoms with E-state index < -0.39 is 5.82 Å². The van der Waals surface area contributed by atoms with Gasteiger partial charge in [-0.3, -0.25) is 0 Å². The van der Waals surface area contributed by atoms with Crippen LogP contribution in [-0.4, -0.2) is 12.0 Å². The molecule has 0 atom stereocenters. The Morgan fingerprint density at radius 2 is 2.16 bits per heavy atom. The average molecular weight is 281 g/mol. The van der Waals surface area contributed by atoms with Gasteiger partial charge in [-0.2, -0.15) is 0 Å². The summed E-state index contributed by atoms with van der Waals surface area (Å²) < 4.78 is 19.0. The van der Waals surface area contributed by atoms with Crippen molar-refractivity contribution in [2.45, 2.75) is 13.5 Å².